The molecule has 0 radical (unpaired) electrons. The van der Waals surface area contributed by atoms with Gasteiger partial charge in [0, 0.05) is 39.4 Å². The fourth-order valence-corrected chi connectivity index (χ4v) is 2.36. The molecule has 1 heterocycles. The summed E-state index contributed by atoms with van der Waals surface area (Å²) in [7, 11) is 1.75. The van der Waals surface area contributed by atoms with Crippen LogP contribution in [0.15, 0.2) is 0 Å². The van der Waals surface area contributed by atoms with Crippen LogP contribution in [0.5, 0.6) is 0 Å². The maximum Gasteiger partial charge on any atom is 0.0593 e. The molecule has 4 nitrogen and oxygen atoms in total. The lowest BCUT2D eigenvalue weighted by Gasteiger charge is -2.24. The quantitative estimate of drug-likeness (QED) is 0.600. The Balaban J connectivity index is 2.07. The molecule has 1 N–H and O–H groups in total. The Morgan fingerprint density at radius 3 is 2.89 bits per heavy atom. The van der Waals surface area contributed by atoms with E-state index in [1.807, 2.05) is 0 Å². The van der Waals surface area contributed by atoms with Crippen LogP contribution in [0, 0.1) is 5.92 Å². The lowest BCUT2D eigenvalue weighted by atomic mass is 10.2. The predicted molar refractivity (Wildman–Crippen MR) is 75.0 cm³/mol. The van der Waals surface area contributed by atoms with Gasteiger partial charge in [0.25, 0.3) is 0 Å². The van der Waals surface area contributed by atoms with Crippen molar-refractivity contribution in [2.24, 2.45) is 5.92 Å². The van der Waals surface area contributed by atoms with Crippen molar-refractivity contribution < 1.29 is 9.47 Å². The van der Waals surface area contributed by atoms with Gasteiger partial charge in [-0.15, -0.1) is 0 Å². The van der Waals surface area contributed by atoms with Gasteiger partial charge in [0.2, 0.25) is 0 Å². The summed E-state index contributed by atoms with van der Waals surface area (Å²) in [6.45, 7) is 11.3. The molecule has 1 aliphatic heterocycles. The normalized spacial score (nSPS) is 21.0. The Morgan fingerprint density at radius 1 is 1.33 bits per heavy atom. The third kappa shape index (κ3) is 6.69. The third-order valence-electron chi connectivity index (χ3n) is 3.34. The van der Waals surface area contributed by atoms with E-state index in [0.717, 1.165) is 39.5 Å². The standard InChI is InChI=1S/C14H30N2O2/c1-13(2)12-18-10-8-16-7-4-5-14(16)11-15-6-9-17-3/h13-15H,4-12H2,1-3H3. The van der Waals surface area contributed by atoms with Gasteiger partial charge in [0.05, 0.1) is 13.2 Å². The number of nitrogens with zero attached hydrogens (tertiary/aromatic N) is 1. The monoisotopic (exact) mass is 258 g/mol. The van der Waals surface area contributed by atoms with Gasteiger partial charge in [-0.25, -0.2) is 0 Å². The van der Waals surface area contributed by atoms with Crippen LogP contribution in [0.2, 0.25) is 0 Å². The number of ether oxygens (including phenoxy) is 2. The summed E-state index contributed by atoms with van der Waals surface area (Å²) in [6.07, 6.45) is 2.63. The van der Waals surface area contributed by atoms with Crippen molar-refractivity contribution in [1.82, 2.24) is 10.2 Å². The van der Waals surface area contributed by atoms with E-state index in [4.69, 9.17) is 9.47 Å². The number of rotatable bonds is 10. The first-order chi connectivity index (χ1) is 8.74. The van der Waals surface area contributed by atoms with E-state index in [0.29, 0.717) is 12.0 Å². The smallest absolute Gasteiger partial charge is 0.0593 e. The average Bonchev–Trinajstić information content (AvgIpc) is 2.78. The minimum absolute atomic E-state index is 0.634. The maximum atomic E-state index is 5.67. The molecule has 0 aromatic rings. The summed E-state index contributed by atoms with van der Waals surface area (Å²) in [4.78, 5) is 2.56. The van der Waals surface area contributed by atoms with Gasteiger partial charge < -0.3 is 14.8 Å². The summed E-state index contributed by atoms with van der Waals surface area (Å²) < 4.78 is 10.7. The van der Waals surface area contributed by atoms with E-state index in [-0.39, 0.29) is 0 Å². The maximum absolute atomic E-state index is 5.67. The molecule has 0 bridgehead atoms. The zero-order valence-electron chi connectivity index (χ0n) is 12.3. The molecule has 1 saturated heterocycles. The summed E-state index contributed by atoms with van der Waals surface area (Å²) in [5.74, 6) is 0.634. The Kier molecular flexibility index (Phi) is 8.59. The summed E-state index contributed by atoms with van der Waals surface area (Å²) in [5.41, 5.74) is 0. The van der Waals surface area contributed by atoms with E-state index < -0.39 is 0 Å². The molecule has 0 saturated carbocycles. The molecule has 18 heavy (non-hydrogen) atoms. The lowest BCUT2D eigenvalue weighted by molar-refractivity contribution is 0.0816. The molecule has 0 amide bonds. The highest BCUT2D eigenvalue weighted by Crippen LogP contribution is 2.15. The molecule has 4 heteroatoms. The molecule has 1 atom stereocenters. The van der Waals surface area contributed by atoms with Crippen LogP contribution in [0.4, 0.5) is 0 Å². The first-order valence-corrected chi connectivity index (χ1v) is 7.25. The van der Waals surface area contributed by atoms with Crippen molar-refractivity contribution in [2.75, 3.05) is 53.1 Å². The topological polar surface area (TPSA) is 33.7 Å². The Morgan fingerprint density at radius 2 is 2.17 bits per heavy atom. The first kappa shape index (κ1) is 15.9. The Bertz CT molecular complexity index is 200. The third-order valence-corrected chi connectivity index (χ3v) is 3.34. The van der Waals surface area contributed by atoms with Crippen molar-refractivity contribution in [3.05, 3.63) is 0 Å². The fraction of sp³-hybridized carbons (Fsp3) is 1.00. The van der Waals surface area contributed by atoms with Crippen molar-refractivity contribution in [2.45, 2.75) is 32.7 Å². The second-order valence-electron chi connectivity index (χ2n) is 5.50. The highest BCUT2D eigenvalue weighted by Gasteiger charge is 2.23. The summed E-state index contributed by atoms with van der Waals surface area (Å²) in [6, 6.07) is 0.685. The molecular formula is C14H30N2O2. The molecule has 0 spiro atoms. The van der Waals surface area contributed by atoms with Gasteiger partial charge >= 0.3 is 0 Å². The Labute approximate surface area is 112 Å². The highest BCUT2D eigenvalue weighted by molar-refractivity contribution is 4.80. The molecule has 1 unspecified atom stereocenters. The van der Waals surface area contributed by atoms with Gasteiger partial charge in [-0.3, -0.25) is 4.90 Å². The molecular weight excluding hydrogens is 228 g/mol. The Hall–Kier alpha value is -0.160. The van der Waals surface area contributed by atoms with E-state index in [1.165, 1.54) is 19.4 Å². The van der Waals surface area contributed by atoms with Crippen molar-refractivity contribution in [1.29, 1.82) is 0 Å². The minimum atomic E-state index is 0.634. The van der Waals surface area contributed by atoms with Gasteiger partial charge in [-0.1, -0.05) is 13.8 Å². The first-order valence-electron chi connectivity index (χ1n) is 7.25. The van der Waals surface area contributed by atoms with Crippen LogP contribution >= 0.6 is 0 Å². The van der Waals surface area contributed by atoms with Gasteiger partial charge in [-0.2, -0.15) is 0 Å². The molecule has 1 fully saturated rings. The van der Waals surface area contributed by atoms with Gasteiger partial charge in [0.1, 0.15) is 0 Å². The van der Waals surface area contributed by atoms with E-state index in [1.54, 1.807) is 7.11 Å². The number of hydrogen-bond donors (Lipinski definition) is 1. The highest BCUT2D eigenvalue weighted by atomic mass is 16.5. The zero-order valence-corrected chi connectivity index (χ0v) is 12.3. The molecule has 0 aromatic carbocycles. The number of nitrogens with one attached hydrogen (secondary N) is 1. The van der Waals surface area contributed by atoms with Crippen LogP contribution < -0.4 is 5.32 Å². The van der Waals surface area contributed by atoms with Crippen LogP contribution in [0.25, 0.3) is 0 Å². The summed E-state index contributed by atoms with van der Waals surface area (Å²) >= 11 is 0. The van der Waals surface area contributed by atoms with Crippen LogP contribution in [-0.2, 0) is 9.47 Å². The zero-order chi connectivity index (χ0) is 13.2. The van der Waals surface area contributed by atoms with Crippen LogP contribution in [-0.4, -0.2) is 64.1 Å². The SMILES string of the molecule is COCCNCC1CCCN1CCOCC(C)C. The van der Waals surface area contributed by atoms with Gasteiger partial charge in [0.15, 0.2) is 0 Å². The van der Waals surface area contributed by atoms with Crippen LogP contribution in [0.1, 0.15) is 26.7 Å². The average molecular weight is 258 g/mol. The van der Waals surface area contributed by atoms with E-state index in [2.05, 4.69) is 24.1 Å². The number of likely N-dealkylation sites (tertiary alicyclic amines) is 1. The van der Waals surface area contributed by atoms with Crippen LogP contribution in [0.3, 0.4) is 0 Å². The largest absolute Gasteiger partial charge is 0.383 e. The summed E-state index contributed by atoms with van der Waals surface area (Å²) in [5, 5.41) is 3.46. The van der Waals surface area contributed by atoms with Gasteiger partial charge in [-0.05, 0) is 25.3 Å². The molecule has 1 rings (SSSR count). The molecule has 108 valence electrons. The predicted octanol–water partition coefficient (Wildman–Crippen LogP) is 1.36. The second-order valence-corrected chi connectivity index (χ2v) is 5.50. The molecule has 0 aromatic heterocycles. The minimum Gasteiger partial charge on any atom is -0.383 e. The van der Waals surface area contributed by atoms with Crippen molar-refractivity contribution in [3.63, 3.8) is 0 Å². The van der Waals surface area contributed by atoms with Crippen molar-refractivity contribution in [3.8, 4) is 0 Å². The van der Waals surface area contributed by atoms with E-state index >= 15 is 0 Å². The van der Waals surface area contributed by atoms with E-state index in [9.17, 15) is 0 Å². The number of methoxy groups -OCH3 is 1. The number of hydrogen-bond acceptors (Lipinski definition) is 4. The molecule has 0 aliphatic carbocycles. The van der Waals surface area contributed by atoms with Crippen molar-refractivity contribution >= 4 is 0 Å². The second kappa shape index (κ2) is 9.73. The molecule has 1 aliphatic rings. The lowest BCUT2D eigenvalue weighted by Crippen LogP contribution is -2.40. The fourth-order valence-electron chi connectivity index (χ4n) is 2.36.